The quantitative estimate of drug-likeness (QED) is 0.101. The molecule has 0 atom stereocenters. The summed E-state index contributed by atoms with van der Waals surface area (Å²) in [4.78, 5) is 7.17. The molecule has 0 unspecified atom stereocenters. The lowest BCUT2D eigenvalue weighted by atomic mass is 9.79. The number of nitrogens with zero attached hydrogens (tertiary/aromatic N) is 3. The first-order valence-corrected chi connectivity index (χ1v) is 49.4. The molecule has 28 rings (SSSR count). The van der Waals surface area contributed by atoms with Crippen LogP contribution in [0.5, 0.6) is 0 Å². The van der Waals surface area contributed by atoms with Crippen LogP contribution < -0.4 is 14.7 Å². The van der Waals surface area contributed by atoms with Crippen molar-refractivity contribution in [3.05, 3.63) is 551 Å². The summed E-state index contributed by atoms with van der Waals surface area (Å²) in [5.41, 5.74) is 29.4. The Hall–Kier alpha value is -18.5. The Kier molecular flexibility index (Phi) is 21.3. The third-order valence-corrected chi connectivity index (χ3v) is 29.5. The number of fused-ring (bicyclic) bond motifs is 25. The fourth-order valence-corrected chi connectivity index (χ4v) is 22.8. The molecule has 4 nitrogen and oxygen atoms in total. The maximum absolute atomic E-state index is 6.40. The summed E-state index contributed by atoms with van der Waals surface area (Å²) in [7, 11) is 0. The van der Waals surface area contributed by atoms with Gasteiger partial charge in [-0.05, 0) is 284 Å². The van der Waals surface area contributed by atoms with Gasteiger partial charge in [-0.3, -0.25) is 0 Å². The Morgan fingerprint density at radius 1 is 0.161 bits per heavy atom. The third-order valence-electron chi connectivity index (χ3n) is 29.5. The van der Waals surface area contributed by atoms with Gasteiger partial charge >= 0.3 is 0 Å². The molecule has 1 heterocycles. The predicted molar refractivity (Wildman–Crippen MR) is 610 cm³/mol. The molecule has 0 amide bonds. The monoisotopic (exact) mass is 1820 g/mol. The molecule has 1 aliphatic rings. The lowest BCUT2D eigenvalue weighted by Crippen LogP contribution is -2.16. The third kappa shape index (κ3) is 15.1. The largest absolute Gasteiger partial charge is 0.455 e. The van der Waals surface area contributed by atoms with Crippen LogP contribution >= 0.6 is 0 Å². The average molecular weight is 1820 g/mol. The molecule has 143 heavy (non-hydrogen) atoms. The molecule has 0 saturated carbocycles. The highest BCUT2D eigenvalue weighted by atomic mass is 16.3. The summed E-state index contributed by atoms with van der Waals surface area (Å²) < 4.78 is 6.40. The highest BCUT2D eigenvalue weighted by Crippen LogP contribution is 2.54. The number of furan rings is 1. The second-order valence-electron chi connectivity index (χ2n) is 38.0. The van der Waals surface area contributed by atoms with Gasteiger partial charge in [0.1, 0.15) is 11.2 Å². The van der Waals surface area contributed by atoms with Crippen LogP contribution in [0.15, 0.2) is 544 Å². The Labute approximate surface area is 831 Å². The molecule has 1 aromatic heterocycles. The van der Waals surface area contributed by atoms with Crippen LogP contribution in [0.4, 0.5) is 51.2 Å². The number of benzene rings is 26. The molecule has 0 saturated heterocycles. The first-order valence-electron chi connectivity index (χ1n) is 49.4. The lowest BCUT2D eigenvalue weighted by Gasteiger charge is -2.27. The van der Waals surface area contributed by atoms with E-state index in [-0.39, 0.29) is 5.41 Å². The topological polar surface area (TPSA) is 22.9 Å². The number of hydrogen-bond acceptors (Lipinski definition) is 4. The van der Waals surface area contributed by atoms with E-state index in [1.807, 2.05) is 12.1 Å². The maximum atomic E-state index is 6.40. The molecule has 0 spiro atoms. The van der Waals surface area contributed by atoms with Gasteiger partial charge in [-0.1, -0.05) is 445 Å². The van der Waals surface area contributed by atoms with Crippen molar-refractivity contribution in [1.29, 1.82) is 0 Å². The molecule has 0 fully saturated rings. The summed E-state index contributed by atoms with van der Waals surface area (Å²) in [5.74, 6) is 0. The highest BCUT2D eigenvalue weighted by molar-refractivity contribution is 6.29. The van der Waals surface area contributed by atoms with E-state index >= 15 is 0 Å². The van der Waals surface area contributed by atoms with E-state index in [4.69, 9.17) is 4.42 Å². The van der Waals surface area contributed by atoms with Crippen LogP contribution in [0.1, 0.15) is 25.0 Å². The first-order chi connectivity index (χ1) is 70.7. The van der Waals surface area contributed by atoms with Crippen molar-refractivity contribution in [2.24, 2.45) is 0 Å². The molecular formula is C139H95N3O. The molecule has 0 radical (unpaired) electrons. The minimum absolute atomic E-state index is 0.0776. The van der Waals surface area contributed by atoms with Crippen LogP contribution in [0, 0.1) is 0 Å². The summed E-state index contributed by atoms with van der Waals surface area (Å²) >= 11 is 0. The zero-order valence-electron chi connectivity index (χ0n) is 79.1. The Morgan fingerprint density at radius 3 is 0.832 bits per heavy atom. The zero-order valence-corrected chi connectivity index (χ0v) is 79.1. The van der Waals surface area contributed by atoms with Gasteiger partial charge in [0.05, 0.1) is 5.69 Å². The zero-order chi connectivity index (χ0) is 95.0. The molecule has 0 N–H and O–H groups in total. The number of rotatable bonds is 14. The van der Waals surface area contributed by atoms with Crippen molar-refractivity contribution in [3.63, 3.8) is 0 Å². The van der Waals surface area contributed by atoms with Crippen LogP contribution in [0.2, 0.25) is 0 Å². The summed E-state index contributed by atoms with van der Waals surface area (Å²) in [5, 5.41) is 27.7. The van der Waals surface area contributed by atoms with E-state index in [0.717, 1.165) is 78.6 Å². The van der Waals surface area contributed by atoms with Crippen molar-refractivity contribution in [3.8, 4) is 66.8 Å². The fourth-order valence-electron chi connectivity index (χ4n) is 22.8. The maximum Gasteiger partial charge on any atom is 0.143 e. The highest BCUT2D eigenvalue weighted by Gasteiger charge is 2.38. The standard InChI is InChI=1S/C51H37N.C48H31NO.C40H27N/c1-51(2)49-22-11-10-19-46(49)47-21-12-20-40(50(47)51)36-25-29-38(30-26-36)52(37-27-23-35(24-28-37)34-13-4-3-5-14-34)39-31-32-45-43-17-7-6-15-41(43)42-16-8-9-18-44(42)48(45)33-39;1-2-11-32(12-3-1)33-21-25-35(26-22-33)49(37-29-30-43-41-15-5-4-13-39(41)40-14-6-7-16-42(40)46(43)31-37)36-27-23-34(24-28-36)38-18-10-19-45-44-17-8-9-20-47(44)50-48(38)45;1-2-11-28(12-3-1)29-21-23-31(24-22-29)41(40-20-10-14-30-13-4-5-15-33(30)40)32-25-26-38-36-18-7-6-16-34(36)35-17-8-9-19-37(35)39(38)27-32/h3-33H,1-2H3;1-31H;1-27H. The van der Waals surface area contributed by atoms with Crippen LogP contribution in [-0.2, 0) is 5.41 Å². The predicted octanol–water partition coefficient (Wildman–Crippen LogP) is 39.5. The Morgan fingerprint density at radius 2 is 0.420 bits per heavy atom. The lowest BCUT2D eigenvalue weighted by molar-refractivity contribution is 0.662. The van der Waals surface area contributed by atoms with Crippen LogP contribution in [0.3, 0.4) is 0 Å². The molecule has 4 heteroatoms. The van der Waals surface area contributed by atoms with Crippen molar-refractivity contribution >= 4 is 181 Å². The molecule has 0 aliphatic heterocycles. The molecule has 0 bridgehead atoms. The van der Waals surface area contributed by atoms with Crippen LogP contribution in [0.25, 0.3) is 196 Å². The molecule has 672 valence electrons. The van der Waals surface area contributed by atoms with Gasteiger partial charge in [0.15, 0.2) is 0 Å². The van der Waals surface area contributed by atoms with E-state index in [9.17, 15) is 0 Å². The van der Waals surface area contributed by atoms with Gasteiger partial charge in [-0.2, -0.15) is 0 Å². The van der Waals surface area contributed by atoms with Crippen molar-refractivity contribution < 1.29 is 4.42 Å². The van der Waals surface area contributed by atoms with Gasteiger partial charge in [0.2, 0.25) is 0 Å². The first kappa shape index (κ1) is 85.0. The van der Waals surface area contributed by atoms with Gasteiger partial charge < -0.3 is 19.1 Å². The summed E-state index contributed by atoms with van der Waals surface area (Å²) in [6.07, 6.45) is 0. The summed E-state index contributed by atoms with van der Waals surface area (Å²) in [6.45, 7) is 4.73. The molecule has 27 aromatic rings. The van der Waals surface area contributed by atoms with Crippen molar-refractivity contribution in [1.82, 2.24) is 0 Å². The van der Waals surface area contributed by atoms with Gasteiger partial charge in [0.25, 0.3) is 0 Å². The van der Waals surface area contributed by atoms with Crippen LogP contribution in [-0.4, -0.2) is 0 Å². The van der Waals surface area contributed by atoms with Gasteiger partial charge in [-0.15, -0.1) is 0 Å². The van der Waals surface area contributed by atoms with E-state index in [2.05, 4.69) is 556 Å². The number of hydrogen-bond donors (Lipinski definition) is 0. The molecule has 1 aliphatic carbocycles. The molecule has 26 aromatic carbocycles. The number of anilines is 9. The second-order valence-corrected chi connectivity index (χ2v) is 38.0. The Balaban J connectivity index is 0.000000110. The van der Waals surface area contributed by atoms with E-state index < -0.39 is 0 Å². The second kappa shape index (κ2) is 35.8. The van der Waals surface area contributed by atoms with Gasteiger partial charge in [-0.25, -0.2) is 0 Å². The fraction of sp³-hybridized carbons (Fsp3) is 0.0216. The van der Waals surface area contributed by atoms with Gasteiger partial charge in [0, 0.05) is 72.6 Å². The average Bonchev–Trinajstić information content (AvgIpc) is 1.65. The van der Waals surface area contributed by atoms with E-state index in [1.165, 1.54) is 180 Å². The normalized spacial score (nSPS) is 12.0. The van der Waals surface area contributed by atoms with E-state index in [1.54, 1.807) is 0 Å². The SMILES string of the molecule is CC1(C)c2ccccc2-c2cccc(-c3ccc(N(c4ccc(-c5ccccc5)cc4)c4ccc5c6ccccc6c6ccccc6c5c4)cc3)c21.c1ccc(-c2ccc(N(c3ccc(-c4cccc5c4oc4ccccc45)cc3)c3ccc4c5ccccc5c5ccccc5c4c3)cc2)cc1.c1ccc(-c2ccc(N(c3ccc4c5ccccc5c5ccccc5c4c3)c3cccc4ccccc34)cc2)cc1. The molecular weight excluding hydrogens is 1730 g/mol. The van der Waals surface area contributed by atoms with Crippen molar-refractivity contribution in [2.75, 3.05) is 14.7 Å². The minimum Gasteiger partial charge on any atom is -0.455 e. The summed E-state index contributed by atoms with van der Waals surface area (Å²) in [6, 6.07) is 196. The van der Waals surface area contributed by atoms with Crippen molar-refractivity contribution in [2.45, 2.75) is 19.3 Å². The number of para-hydroxylation sites is 2. The Bertz CT molecular complexity index is 9480. The van der Waals surface area contributed by atoms with E-state index in [0.29, 0.717) is 0 Å². The smallest absolute Gasteiger partial charge is 0.143 e. The minimum atomic E-state index is -0.0776.